The number of ether oxygens (including phenoxy) is 1. The molecule has 0 aliphatic carbocycles. The molecule has 0 aromatic heterocycles. The van der Waals surface area contributed by atoms with E-state index in [4.69, 9.17) is 21.4 Å². The van der Waals surface area contributed by atoms with Crippen LogP contribution in [-0.4, -0.2) is 11.1 Å². The number of aryl methyl sites for hydroxylation is 1. The standard InChI is InChI=1S/C14H9BrClFO3/c1-7-2-4-10(9(16)6-7)20-11-5-3-8(14(18)19)12(15)13(11)17/h2-6H,1H3,(H,18,19). The molecule has 0 radical (unpaired) electrons. The molecule has 2 rings (SSSR count). The second-order valence-corrected chi connectivity index (χ2v) is 5.28. The molecule has 0 atom stereocenters. The molecule has 0 saturated heterocycles. The number of rotatable bonds is 3. The van der Waals surface area contributed by atoms with Gasteiger partial charge in [-0.15, -0.1) is 0 Å². The first kappa shape index (κ1) is 14.8. The zero-order valence-corrected chi connectivity index (χ0v) is 12.6. The molecule has 0 aliphatic heterocycles. The maximum atomic E-state index is 14.0. The van der Waals surface area contributed by atoms with Crippen LogP contribution in [0.5, 0.6) is 11.5 Å². The average Bonchev–Trinajstić information content (AvgIpc) is 2.37. The van der Waals surface area contributed by atoms with E-state index in [0.717, 1.165) is 5.56 Å². The summed E-state index contributed by atoms with van der Waals surface area (Å²) in [5.74, 6) is -1.82. The Labute approximate surface area is 128 Å². The van der Waals surface area contributed by atoms with Crippen LogP contribution in [0.2, 0.25) is 5.02 Å². The lowest BCUT2D eigenvalue weighted by molar-refractivity contribution is 0.0695. The van der Waals surface area contributed by atoms with Gasteiger partial charge in [0.1, 0.15) is 5.75 Å². The minimum atomic E-state index is -1.23. The molecular weight excluding hydrogens is 351 g/mol. The zero-order valence-electron chi connectivity index (χ0n) is 10.3. The van der Waals surface area contributed by atoms with Crippen LogP contribution in [0.15, 0.2) is 34.8 Å². The quantitative estimate of drug-likeness (QED) is 0.835. The lowest BCUT2D eigenvalue weighted by atomic mass is 10.2. The molecule has 0 saturated carbocycles. The summed E-state index contributed by atoms with van der Waals surface area (Å²) in [5.41, 5.74) is 0.773. The molecule has 1 N–H and O–H groups in total. The van der Waals surface area contributed by atoms with Crippen LogP contribution >= 0.6 is 27.5 Å². The van der Waals surface area contributed by atoms with Crippen LogP contribution < -0.4 is 4.74 Å². The van der Waals surface area contributed by atoms with E-state index in [1.165, 1.54) is 12.1 Å². The highest BCUT2D eigenvalue weighted by Gasteiger charge is 2.17. The molecule has 0 spiro atoms. The molecule has 2 aromatic rings. The highest BCUT2D eigenvalue weighted by Crippen LogP contribution is 2.35. The van der Waals surface area contributed by atoms with Gasteiger partial charge >= 0.3 is 5.97 Å². The van der Waals surface area contributed by atoms with Crippen molar-refractivity contribution < 1.29 is 19.0 Å². The minimum Gasteiger partial charge on any atom is -0.478 e. The third-order valence-electron chi connectivity index (χ3n) is 2.58. The zero-order chi connectivity index (χ0) is 14.9. The highest BCUT2D eigenvalue weighted by molar-refractivity contribution is 9.10. The molecule has 3 nitrogen and oxygen atoms in total. The number of benzene rings is 2. The van der Waals surface area contributed by atoms with E-state index in [9.17, 15) is 9.18 Å². The normalized spacial score (nSPS) is 10.4. The number of aromatic carboxylic acids is 1. The molecular formula is C14H9BrClFO3. The summed E-state index contributed by atoms with van der Waals surface area (Å²) < 4.78 is 19.3. The Morgan fingerprint density at radius 2 is 1.95 bits per heavy atom. The van der Waals surface area contributed by atoms with Crippen molar-refractivity contribution in [2.45, 2.75) is 6.92 Å². The molecule has 0 aliphatic rings. The Hall–Kier alpha value is -1.59. The Morgan fingerprint density at radius 3 is 2.55 bits per heavy atom. The summed E-state index contributed by atoms with van der Waals surface area (Å²) in [6.07, 6.45) is 0. The van der Waals surface area contributed by atoms with Gasteiger partial charge < -0.3 is 9.84 Å². The predicted octanol–water partition coefficient (Wildman–Crippen LogP) is 5.04. The first-order valence-electron chi connectivity index (χ1n) is 5.55. The second-order valence-electron chi connectivity index (χ2n) is 4.08. The number of halogens is 3. The SMILES string of the molecule is Cc1ccc(Oc2ccc(C(=O)O)c(Br)c2F)c(Cl)c1. The van der Waals surface area contributed by atoms with Crippen LogP contribution in [0.1, 0.15) is 15.9 Å². The van der Waals surface area contributed by atoms with Gasteiger partial charge in [-0.25, -0.2) is 9.18 Å². The van der Waals surface area contributed by atoms with E-state index in [-0.39, 0.29) is 15.8 Å². The van der Waals surface area contributed by atoms with Gasteiger partial charge in [-0.2, -0.15) is 0 Å². The molecule has 104 valence electrons. The molecule has 20 heavy (non-hydrogen) atoms. The largest absolute Gasteiger partial charge is 0.478 e. The van der Waals surface area contributed by atoms with Gasteiger partial charge in [0.05, 0.1) is 15.1 Å². The predicted molar refractivity (Wildman–Crippen MR) is 77.3 cm³/mol. The van der Waals surface area contributed by atoms with Crippen molar-refractivity contribution in [3.05, 3.63) is 56.8 Å². The first-order valence-corrected chi connectivity index (χ1v) is 6.72. The van der Waals surface area contributed by atoms with E-state index in [1.54, 1.807) is 18.2 Å². The smallest absolute Gasteiger partial charge is 0.336 e. The molecule has 6 heteroatoms. The lowest BCUT2D eigenvalue weighted by Crippen LogP contribution is -2.00. The molecule has 0 bridgehead atoms. The van der Waals surface area contributed by atoms with E-state index in [0.29, 0.717) is 10.8 Å². The van der Waals surface area contributed by atoms with Crippen LogP contribution in [0.3, 0.4) is 0 Å². The third-order valence-corrected chi connectivity index (χ3v) is 3.66. The summed E-state index contributed by atoms with van der Waals surface area (Å²) in [4.78, 5) is 10.9. The van der Waals surface area contributed by atoms with E-state index in [2.05, 4.69) is 15.9 Å². The Kier molecular flexibility index (Phi) is 4.30. The van der Waals surface area contributed by atoms with Gasteiger partial charge in [-0.1, -0.05) is 17.7 Å². The van der Waals surface area contributed by atoms with Gasteiger partial charge in [-0.3, -0.25) is 0 Å². The number of hydrogen-bond donors (Lipinski definition) is 1. The van der Waals surface area contributed by atoms with E-state index in [1.807, 2.05) is 6.92 Å². The Balaban J connectivity index is 2.39. The fourth-order valence-corrected chi connectivity index (χ4v) is 2.35. The van der Waals surface area contributed by atoms with Gasteiger partial charge in [0, 0.05) is 0 Å². The molecule has 0 amide bonds. The monoisotopic (exact) mass is 358 g/mol. The van der Waals surface area contributed by atoms with Crippen molar-refractivity contribution >= 4 is 33.5 Å². The van der Waals surface area contributed by atoms with Gasteiger partial charge in [0.15, 0.2) is 11.6 Å². The Morgan fingerprint density at radius 1 is 1.30 bits per heavy atom. The van der Waals surface area contributed by atoms with E-state index < -0.39 is 11.8 Å². The van der Waals surface area contributed by atoms with Crippen molar-refractivity contribution in [2.24, 2.45) is 0 Å². The van der Waals surface area contributed by atoms with Gasteiger partial charge in [0.2, 0.25) is 0 Å². The lowest BCUT2D eigenvalue weighted by Gasteiger charge is -2.11. The number of carboxylic acids is 1. The summed E-state index contributed by atoms with van der Waals surface area (Å²) in [7, 11) is 0. The fourth-order valence-electron chi connectivity index (χ4n) is 1.58. The molecule has 0 unspecified atom stereocenters. The van der Waals surface area contributed by atoms with Crippen LogP contribution in [0.4, 0.5) is 4.39 Å². The summed E-state index contributed by atoms with van der Waals surface area (Å²) in [6.45, 7) is 1.87. The van der Waals surface area contributed by atoms with Crippen molar-refractivity contribution in [2.75, 3.05) is 0 Å². The van der Waals surface area contributed by atoms with Crippen molar-refractivity contribution in [3.8, 4) is 11.5 Å². The maximum absolute atomic E-state index is 14.0. The fraction of sp³-hybridized carbons (Fsp3) is 0.0714. The highest BCUT2D eigenvalue weighted by atomic mass is 79.9. The number of hydrogen-bond acceptors (Lipinski definition) is 2. The van der Waals surface area contributed by atoms with Crippen molar-refractivity contribution in [1.29, 1.82) is 0 Å². The summed E-state index contributed by atoms with van der Waals surface area (Å²) in [6, 6.07) is 7.60. The molecule has 2 aromatic carbocycles. The summed E-state index contributed by atoms with van der Waals surface area (Å²) >= 11 is 8.91. The number of carboxylic acid groups (broad SMARTS) is 1. The van der Waals surface area contributed by atoms with Gasteiger partial charge in [0.25, 0.3) is 0 Å². The second kappa shape index (κ2) is 5.81. The van der Waals surface area contributed by atoms with Crippen molar-refractivity contribution in [3.63, 3.8) is 0 Å². The first-order chi connectivity index (χ1) is 9.40. The van der Waals surface area contributed by atoms with Crippen LogP contribution in [-0.2, 0) is 0 Å². The Bertz CT molecular complexity index is 688. The van der Waals surface area contributed by atoms with E-state index >= 15 is 0 Å². The van der Waals surface area contributed by atoms with Crippen LogP contribution in [0.25, 0.3) is 0 Å². The molecule has 0 heterocycles. The number of carbonyl (C=O) groups is 1. The van der Waals surface area contributed by atoms with Crippen molar-refractivity contribution in [1.82, 2.24) is 0 Å². The maximum Gasteiger partial charge on any atom is 0.336 e. The van der Waals surface area contributed by atoms with Gasteiger partial charge in [-0.05, 0) is 52.7 Å². The minimum absolute atomic E-state index is 0.104. The molecule has 0 fully saturated rings. The third kappa shape index (κ3) is 2.94. The van der Waals surface area contributed by atoms with Crippen LogP contribution in [0, 0.1) is 12.7 Å². The summed E-state index contributed by atoms with van der Waals surface area (Å²) in [5, 5.41) is 9.24. The topological polar surface area (TPSA) is 46.5 Å². The average molecular weight is 360 g/mol.